The van der Waals surface area contributed by atoms with Crippen molar-refractivity contribution in [2.75, 3.05) is 19.0 Å². The average Bonchev–Trinajstić information content (AvgIpc) is 3.27. The van der Waals surface area contributed by atoms with Gasteiger partial charge in [0.1, 0.15) is 5.56 Å². The molecule has 1 amide bonds. The van der Waals surface area contributed by atoms with Crippen LogP contribution in [0.4, 0.5) is 5.69 Å². The normalized spacial score (nSPS) is 15.6. The lowest BCUT2D eigenvalue weighted by atomic mass is 9.82. The predicted octanol–water partition coefficient (Wildman–Crippen LogP) is 3.41. The Hall–Kier alpha value is -2.67. The molecular formula is C20H25N3O4. The van der Waals surface area contributed by atoms with Gasteiger partial charge in [0.05, 0.1) is 23.0 Å². The zero-order chi connectivity index (χ0) is 19.4. The molecule has 1 heterocycles. The molecule has 2 N–H and O–H groups in total. The molecule has 1 aliphatic carbocycles. The number of carbonyl (C=O) groups excluding carboxylic acids is 1. The number of rotatable bonds is 7. The van der Waals surface area contributed by atoms with Gasteiger partial charge in [-0.05, 0) is 44.4 Å². The molecule has 1 aromatic heterocycles. The van der Waals surface area contributed by atoms with E-state index in [0.29, 0.717) is 23.7 Å². The highest BCUT2D eigenvalue weighted by Crippen LogP contribution is 2.42. The summed E-state index contributed by atoms with van der Waals surface area (Å²) in [5.41, 5.74) is 1.71. The Balaban J connectivity index is 1.81. The smallest absolute Gasteiger partial charge is 0.339 e. The van der Waals surface area contributed by atoms with Crippen molar-refractivity contribution in [2.45, 2.75) is 39.0 Å². The fourth-order valence-electron chi connectivity index (χ4n) is 3.80. The molecule has 2 aromatic rings. The summed E-state index contributed by atoms with van der Waals surface area (Å²) in [5, 5.41) is 16.4. The third kappa shape index (κ3) is 3.88. The number of benzene rings is 1. The Labute approximate surface area is 158 Å². The second kappa shape index (κ2) is 7.92. The van der Waals surface area contributed by atoms with E-state index in [1.165, 1.54) is 6.20 Å². The number of carboxylic acid groups (broad SMARTS) is 1. The summed E-state index contributed by atoms with van der Waals surface area (Å²) >= 11 is 0. The van der Waals surface area contributed by atoms with Crippen LogP contribution in [-0.4, -0.2) is 40.5 Å². The standard InChI is InChI=1S/C20H25N3O4/c1-14-17(18(24)25)13-21-23(14)16-7-5-6-15(12-16)22-19(26)20(10-11-27-2)8-3-4-9-20/h5-7,12-13H,3-4,8-11H2,1-2H3,(H,22,26)(H,24,25). The molecule has 0 bridgehead atoms. The van der Waals surface area contributed by atoms with Gasteiger partial charge in [0.15, 0.2) is 0 Å². The molecule has 0 spiro atoms. The molecule has 1 aromatic carbocycles. The summed E-state index contributed by atoms with van der Waals surface area (Å²) in [6.45, 7) is 2.28. The van der Waals surface area contributed by atoms with E-state index in [-0.39, 0.29) is 16.9 Å². The monoisotopic (exact) mass is 371 g/mol. The van der Waals surface area contributed by atoms with Gasteiger partial charge in [-0.1, -0.05) is 18.9 Å². The van der Waals surface area contributed by atoms with Crippen molar-refractivity contribution in [1.29, 1.82) is 0 Å². The van der Waals surface area contributed by atoms with Gasteiger partial charge in [0, 0.05) is 19.4 Å². The quantitative estimate of drug-likeness (QED) is 0.778. The molecule has 27 heavy (non-hydrogen) atoms. The number of anilines is 1. The van der Waals surface area contributed by atoms with Crippen LogP contribution in [0.2, 0.25) is 0 Å². The number of amides is 1. The molecule has 1 saturated carbocycles. The minimum absolute atomic E-state index is 0.0256. The summed E-state index contributed by atoms with van der Waals surface area (Å²) in [6, 6.07) is 7.29. The lowest BCUT2D eigenvalue weighted by Gasteiger charge is -2.27. The molecule has 7 heteroatoms. The van der Waals surface area contributed by atoms with Gasteiger partial charge >= 0.3 is 5.97 Å². The van der Waals surface area contributed by atoms with Crippen molar-refractivity contribution in [3.05, 3.63) is 41.7 Å². The third-order valence-corrected chi connectivity index (χ3v) is 5.42. The second-order valence-electron chi connectivity index (χ2n) is 7.10. The van der Waals surface area contributed by atoms with Crippen LogP contribution in [0.1, 0.15) is 48.2 Å². The molecule has 144 valence electrons. The van der Waals surface area contributed by atoms with Gasteiger partial charge in [-0.25, -0.2) is 9.48 Å². The van der Waals surface area contributed by atoms with Crippen molar-refractivity contribution >= 4 is 17.6 Å². The molecular weight excluding hydrogens is 346 g/mol. The van der Waals surface area contributed by atoms with Crippen molar-refractivity contribution in [1.82, 2.24) is 9.78 Å². The second-order valence-corrected chi connectivity index (χ2v) is 7.10. The van der Waals surface area contributed by atoms with E-state index in [4.69, 9.17) is 4.74 Å². The highest BCUT2D eigenvalue weighted by atomic mass is 16.5. The zero-order valence-electron chi connectivity index (χ0n) is 15.7. The van der Waals surface area contributed by atoms with Gasteiger partial charge in [0.25, 0.3) is 0 Å². The zero-order valence-corrected chi connectivity index (χ0v) is 15.7. The molecule has 0 unspecified atom stereocenters. The molecule has 1 aliphatic rings. The molecule has 0 saturated heterocycles. The fraction of sp³-hybridized carbons (Fsp3) is 0.450. The molecule has 0 radical (unpaired) electrons. The number of methoxy groups -OCH3 is 1. The van der Waals surface area contributed by atoms with Gasteiger partial charge in [0.2, 0.25) is 5.91 Å². The maximum Gasteiger partial charge on any atom is 0.339 e. The van der Waals surface area contributed by atoms with E-state index in [0.717, 1.165) is 32.1 Å². The van der Waals surface area contributed by atoms with E-state index < -0.39 is 5.97 Å². The summed E-state index contributed by atoms with van der Waals surface area (Å²) in [6.07, 6.45) is 5.92. The Bertz CT molecular complexity index is 838. The average molecular weight is 371 g/mol. The Morgan fingerprint density at radius 3 is 2.70 bits per heavy atom. The summed E-state index contributed by atoms with van der Waals surface area (Å²) in [5.74, 6) is -0.984. The highest BCUT2D eigenvalue weighted by Gasteiger charge is 2.40. The van der Waals surface area contributed by atoms with Crippen LogP contribution in [-0.2, 0) is 9.53 Å². The van der Waals surface area contributed by atoms with Gasteiger partial charge < -0.3 is 15.2 Å². The Morgan fingerprint density at radius 1 is 1.33 bits per heavy atom. The van der Waals surface area contributed by atoms with Crippen LogP contribution in [0.5, 0.6) is 0 Å². The van der Waals surface area contributed by atoms with Crippen molar-refractivity contribution in [3.8, 4) is 5.69 Å². The van der Waals surface area contributed by atoms with E-state index in [1.807, 2.05) is 24.3 Å². The predicted molar refractivity (Wildman–Crippen MR) is 101 cm³/mol. The summed E-state index contributed by atoms with van der Waals surface area (Å²) in [7, 11) is 1.65. The first kappa shape index (κ1) is 19.1. The summed E-state index contributed by atoms with van der Waals surface area (Å²) in [4.78, 5) is 24.2. The number of carbonyl (C=O) groups is 2. The minimum atomic E-state index is -1.01. The van der Waals surface area contributed by atoms with E-state index in [1.54, 1.807) is 18.7 Å². The first-order valence-corrected chi connectivity index (χ1v) is 9.15. The molecule has 3 rings (SSSR count). The number of nitrogens with zero attached hydrogens (tertiary/aromatic N) is 2. The maximum absolute atomic E-state index is 13.0. The van der Waals surface area contributed by atoms with Crippen LogP contribution in [0.3, 0.4) is 0 Å². The van der Waals surface area contributed by atoms with Crippen LogP contribution in [0, 0.1) is 12.3 Å². The van der Waals surface area contributed by atoms with Crippen molar-refractivity contribution in [2.24, 2.45) is 5.41 Å². The minimum Gasteiger partial charge on any atom is -0.478 e. The fourth-order valence-corrected chi connectivity index (χ4v) is 3.80. The van der Waals surface area contributed by atoms with E-state index in [9.17, 15) is 14.7 Å². The van der Waals surface area contributed by atoms with E-state index >= 15 is 0 Å². The number of aromatic nitrogens is 2. The largest absolute Gasteiger partial charge is 0.478 e. The van der Waals surface area contributed by atoms with Gasteiger partial charge in [-0.15, -0.1) is 0 Å². The number of hydrogen-bond donors (Lipinski definition) is 2. The third-order valence-electron chi connectivity index (χ3n) is 5.42. The molecule has 0 atom stereocenters. The van der Waals surface area contributed by atoms with Gasteiger partial charge in [-0.3, -0.25) is 4.79 Å². The van der Waals surface area contributed by atoms with E-state index in [2.05, 4.69) is 10.4 Å². The van der Waals surface area contributed by atoms with Crippen molar-refractivity contribution in [3.63, 3.8) is 0 Å². The van der Waals surface area contributed by atoms with Crippen LogP contribution >= 0.6 is 0 Å². The Kier molecular flexibility index (Phi) is 5.60. The number of hydrogen-bond acceptors (Lipinski definition) is 4. The maximum atomic E-state index is 13.0. The number of nitrogens with one attached hydrogen (secondary N) is 1. The highest BCUT2D eigenvalue weighted by molar-refractivity contribution is 5.95. The van der Waals surface area contributed by atoms with Crippen molar-refractivity contribution < 1.29 is 19.4 Å². The first-order valence-electron chi connectivity index (χ1n) is 9.15. The number of ether oxygens (including phenoxy) is 1. The molecule has 1 fully saturated rings. The molecule has 0 aliphatic heterocycles. The lowest BCUT2D eigenvalue weighted by Crippen LogP contribution is -2.35. The summed E-state index contributed by atoms with van der Waals surface area (Å²) < 4.78 is 6.77. The number of carboxylic acids is 1. The van der Waals surface area contributed by atoms with Crippen LogP contribution in [0.15, 0.2) is 30.5 Å². The molecule has 7 nitrogen and oxygen atoms in total. The van der Waals surface area contributed by atoms with Crippen LogP contribution < -0.4 is 5.32 Å². The van der Waals surface area contributed by atoms with Gasteiger partial charge in [-0.2, -0.15) is 5.10 Å². The topological polar surface area (TPSA) is 93.5 Å². The first-order chi connectivity index (χ1) is 13.0. The lowest BCUT2D eigenvalue weighted by molar-refractivity contribution is -0.126. The SMILES string of the molecule is COCCC1(C(=O)Nc2cccc(-n3ncc(C(=O)O)c3C)c2)CCCC1. The number of aromatic carboxylic acids is 1. The Morgan fingerprint density at radius 2 is 2.07 bits per heavy atom. The van der Waals surface area contributed by atoms with Crippen LogP contribution in [0.25, 0.3) is 5.69 Å².